The van der Waals surface area contributed by atoms with E-state index in [1.807, 2.05) is 0 Å². The standard InChI is InChI=1S/C15H14ClNO5/c1-8(18)12-13(9-4-2-3-5-10(9)16)17(7-6-11(19)20)15(22)14(12)21/h2-5,13,21H,6-7H2,1H3,(H,19,20)/t13-/m0/s1. The SMILES string of the molecule is CC(=O)C1=C(O)C(=O)N(CCC(=O)O)[C@H]1c1ccccc1Cl. The Morgan fingerprint density at radius 2 is 1.95 bits per heavy atom. The van der Waals surface area contributed by atoms with Crippen molar-refractivity contribution in [2.45, 2.75) is 19.4 Å². The Bertz CT molecular complexity index is 682. The molecule has 7 heteroatoms. The summed E-state index contributed by atoms with van der Waals surface area (Å²) < 4.78 is 0. The monoisotopic (exact) mass is 323 g/mol. The van der Waals surface area contributed by atoms with Gasteiger partial charge in [-0.2, -0.15) is 0 Å². The van der Waals surface area contributed by atoms with Crippen molar-refractivity contribution < 1.29 is 24.6 Å². The molecule has 22 heavy (non-hydrogen) atoms. The van der Waals surface area contributed by atoms with E-state index in [0.717, 1.165) is 4.90 Å². The lowest BCUT2D eigenvalue weighted by atomic mass is 9.96. The van der Waals surface area contributed by atoms with Crippen LogP contribution in [0.2, 0.25) is 5.02 Å². The van der Waals surface area contributed by atoms with Crippen molar-refractivity contribution in [1.82, 2.24) is 4.90 Å². The topological polar surface area (TPSA) is 94.9 Å². The van der Waals surface area contributed by atoms with Crippen LogP contribution in [-0.2, 0) is 14.4 Å². The number of rotatable bonds is 5. The summed E-state index contributed by atoms with van der Waals surface area (Å²) in [7, 11) is 0. The van der Waals surface area contributed by atoms with Gasteiger partial charge in [-0.1, -0.05) is 29.8 Å². The van der Waals surface area contributed by atoms with E-state index in [4.69, 9.17) is 16.7 Å². The van der Waals surface area contributed by atoms with Crippen LogP contribution in [0.15, 0.2) is 35.6 Å². The van der Waals surface area contributed by atoms with Gasteiger partial charge >= 0.3 is 5.97 Å². The number of ketones is 1. The van der Waals surface area contributed by atoms with E-state index in [0.29, 0.717) is 10.6 Å². The molecule has 0 bridgehead atoms. The van der Waals surface area contributed by atoms with Crippen molar-refractivity contribution in [3.8, 4) is 0 Å². The minimum atomic E-state index is -1.08. The van der Waals surface area contributed by atoms with E-state index in [2.05, 4.69) is 0 Å². The molecule has 116 valence electrons. The first-order valence-corrected chi connectivity index (χ1v) is 6.93. The molecule has 1 amide bonds. The smallest absolute Gasteiger partial charge is 0.305 e. The molecule has 0 unspecified atom stereocenters. The van der Waals surface area contributed by atoms with E-state index in [9.17, 15) is 19.5 Å². The molecule has 1 aromatic carbocycles. The van der Waals surface area contributed by atoms with Gasteiger partial charge in [0, 0.05) is 11.6 Å². The van der Waals surface area contributed by atoms with E-state index in [1.165, 1.54) is 6.92 Å². The molecule has 1 aliphatic rings. The third-order valence-corrected chi connectivity index (χ3v) is 3.79. The average Bonchev–Trinajstić information content (AvgIpc) is 2.69. The number of carboxylic acid groups (broad SMARTS) is 1. The molecule has 0 radical (unpaired) electrons. The lowest BCUT2D eigenvalue weighted by molar-refractivity contribution is -0.138. The fourth-order valence-electron chi connectivity index (χ4n) is 2.48. The van der Waals surface area contributed by atoms with Gasteiger partial charge in [0.2, 0.25) is 0 Å². The van der Waals surface area contributed by atoms with Crippen LogP contribution in [0.3, 0.4) is 0 Å². The van der Waals surface area contributed by atoms with Crippen LogP contribution in [0.25, 0.3) is 0 Å². The average molecular weight is 324 g/mol. The van der Waals surface area contributed by atoms with Crippen molar-refractivity contribution in [3.05, 3.63) is 46.2 Å². The molecule has 6 nitrogen and oxygen atoms in total. The first-order chi connectivity index (χ1) is 10.3. The third kappa shape index (κ3) is 2.82. The molecule has 1 aliphatic heterocycles. The Morgan fingerprint density at radius 1 is 1.32 bits per heavy atom. The summed E-state index contributed by atoms with van der Waals surface area (Å²) in [6.07, 6.45) is -0.300. The Kier molecular flexibility index (Phi) is 4.51. The highest BCUT2D eigenvalue weighted by molar-refractivity contribution is 6.31. The lowest BCUT2D eigenvalue weighted by Crippen LogP contribution is -2.33. The molecule has 1 heterocycles. The zero-order chi connectivity index (χ0) is 16.4. The van der Waals surface area contributed by atoms with Crippen molar-refractivity contribution in [2.24, 2.45) is 0 Å². The second-order valence-electron chi connectivity index (χ2n) is 4.88. The van der Waals surface area contributed by atoms with Gasteiger partial charge in [-0.25, -0.2) is 0 Å². The highest BCUT2D eigenvalue weighted by atomic mass is 35.5. The third-order valence-electron chi connectivity index (χ3n) is 3.45. The zero-order valence-electron chi connectivity index (χ0n) is 11.7. The minimum Gasteiger partial charge on any atom is -0.503 e. The summed E-state index contributed by atoms with van der Waals surface area (Å²) in [5.74, 6) is -2.96. The van der Waals surface area contributed by atoms with Gasteiger partial charge in [-0.15, -0.1) is 0 Å². The van der Waals surface area contributed by atoms with Crippen LogP contribution in [0.1, 0.15) is 24.9 Å². The number of halogens is 1. The fourth-order valence-corrected chi connectivity index (χ4v) is 2.72. The van der Waals surface area contributed by atoms with Gasteiger partial charge < -0.3 is 15.1 Å². The van der Waals surface area contributed by atoms with Crippen molar-refractivity contribution in [2.75, 3.05) is 6.54 Å². The van der Waals surface area contributed by atoms with Crippen molar-refractivity contribution in [3.63, 3.8) is 0 Å². The molecule has 1 atom stereocenters. The first-order valence-electron chi connectivity index (χ1n) is 6.55. The number of aliphatic hydroxyl groups excluding tert-OH is 1. The Balaban J connectivity index is 2.51. The van der Waals surface area contributed by atoms with Crippen LogP contribution in [0, 0.1) is 0 Å². The Morgan fingerprint density at radius 3 is 2.50 bits per heavy atom. The largest absolute Gasteiger partial charge is 0.503 e. The molecule has 0 fully saturated rings. The summed E-state index contributed by atoms with van der Waals surface area (Å²) in [5.41, 5.74) is 0.403. The summed E-state index contributed by atoms with van der Waals surface area (Å²) in [6.45, 7) is 1.11. The first kappa shape index (κ1) is 16.0. The molecule has 0 saturated heterocycles. The van der Waals surface area contributed by atoms with Gasteiger partial charge in [-0.3, -0.25) is 14.4 Å². The Labute approximate surface area is 131 Å². The van der Waals surface area contributed by atoms with Gasteiger partial charge in [0.1, 0.15) is 0 Å². The number of carboxylic acids is 1. The number of hydrogen-bond donors (Lipinski definition) is 2. The van der Waals surface area contributed by atoms with E-state index >= 15 is 0 Å². The van der Waals surface area contributed by atoms with Gasteiger partial charge in [-0.05, 0) is 18.6 Å². The maximum absolute atomic E-state index is 12.2. The number of hydrogen-bond acceptors (Lipinski definition) is 4. The van der Waals surface area contributed by atoms with Gasteiger partial charge in [0.15, 0.2) is 11.5 Å². The molecular weight excluding hydrogens is 310 g/mol. The molecule has 2 N–H and O–H groups in total. The highest BCUT2D eigenvalue weighted by Gasteiger charge is 2.42. The molecule has 0 aromatic heterocycles. The molecule has 1 aromatic rings. The predicted molar refractivity (Wildman–Crippen MR) is 78.5 cm³/mol. The van der Waals surface area contributed by atoms with E-state index in [1.54, 1.807) is 24.3 Å². The number of carbonyl (C=O) groups is 3. The predicted octanol–water partition coefficient (Wildman–Crippen LogP) is 2.10. The number of amides is 1. The zero-order valence-corrected chi connectivity index (χ0v) is 12.5. The molecule has 0 spiro atoms. The lowest BCUT2D eigenvalue weighted by Gasteiger charge is -2.26. The quantitative estimate of drug-likeness (QED) is 0.865. The van der Waals surface area contributed by atoms with Crippen LogP contribution >= 0.6 is 11.6 Å². The summed E-state index contributed by atoms with van der Waals surface area (Å²) in [4.78, 5) is 35.9. The number of nitrogens with zero attached hydrogens (tertiary/aromatic N) is 1. The van der Waals surface area contributed by atoms with Crippen LogP contribution in [0.5, 0.6) is 0 Å². The highest BCUT2D eigenvalue weighted by Crippen LogP contribution is 2.40. The summed E-state index contributed by atoms with van der Waals surface area (Å²) in [6, 6.07) is 5.74. The minimum absolute atomic E-state index is 0.0662. The van der Waals surface area contributed by atoms with Crippen molar-refractivity contribution in [1.29, 1.82) is 0 Å². The molecule has 0 saturated carbocycles. The van der Waals surface area contributed by atoms with Crippen LogP contribution in [0.4, 0.5) is 0 Å². The van der Waals surface area contributed by atoms with Crippen LogP contribution < -0.4 is 0 Å². The molecule has 0 aliphatic carbocycles. The number of aliphatic hydroxyl groups is 1. The second kappa shape index (κ2) is 6.19. The number of aliphatic carboxylic acids is 1. The van der Waals surface area contributed by atoms with Crippen LogP contribution in [-0.4, -0.2) is 39.3 Å². The number of carbonyl (C=O) groups excluding carboxylic acids is 2. The molecule has 2 rings (SSSR count). The fraction of sp³-hybridized carbons (Fsp3) is 0.267. The van der Waals surface area contributed by atoms with Crippen molar-refractivity contribution >= 4 is 29.3 Å². The number of Topliss-reactive ketones (excluding diaryl/α,β-unsaturated/α-hetero) is 1. The second-order valence-corrected chi connectivity index (χ2v) is 5.29. The van der Waals surface area contributed by atoms with E-state index < -0.39 is 29.5 Å². The van der Waals surface area contributed by atoms with Gasteiger partial charge in [0.25, 0.3) is 5.91 Å². The Hall–Kier alpha value is -2.34. The maximum atomic E-state index is 12.2. The molecular formula is C15H14ClNO5. The van der Waals surface area contributed by atoms with E-state index in [-0.39, 0.29) is 18.5 Å². The summed E-state index contributed by atoms with van der Waals surface area (Å²) in [5, 5.41) is 19.1. The maximum Gasteiger partial charge on any atom is 0.305 e. The normalized spacial score (nSPS) is 18.0. The summed E-state index contributed by atoms with van der Waals surface area (Å²) >= 11 is 6.13. The number of benzene rings is 1. The van der Waals surface area contributed by atoms with Gasteiger partial charge in [0.05, 0.1) is 18.0 Å².